The number of amides is 1. The summed E-state index contributed by atoms with van der Waals surface area (Å²) in [5, 5.41) is 15.8. The molecule has 1 fully saturated rings. The maximum Gasteiger partial charge on any atom is 0.268 e. The lowest BCUT2D eigenvalue weighted by Crippen LogP contribution is -2.30. The van der Waals surface area contributed by atoms with Gasteiger partial charge in [-0.15, -0.1) is 0 Å². The second-order valence-corrected chi connectivity index (χ2v) is 7.07. The molecule has 1 saturated carbocycles. The molecule has 0 saturated heterocycles. The van der Waals surface area contributed by atoms with Crippen LogP contribution in [0.15, 0.2) is 48.8 Å². The number of hydrogen-bond acceptors (Lipinski definition) is 5. The summed E-state index contributed by atoms with van der Waals surface area (Å²) in [5.74, 6) is 0.330. The van der Waals surface area contributed by atoms with E-state index < -0.39 is 6.04 Å². The summed E-state index contributed by atoms with van der Waals surface area (Å²) in [4.78, 5) is 24.6. The minimum atomic E-state index is -0.462. The SMILES string of the molecule is Cc1cnc(NC2CC2)nc1-c1c[nH]c(C(=O)N[C@H](CO)c2ccccc2)c1. The Kier molecular flexibility index (Phi) is 5.08. The van der Waals surface area contributed by atoms with E-state index in [1.165, 1.54) is 0 Å². The first-order chi connectivity index (χ1) is 13.6. The Morgan fingerprint density at radius 2 is 2.11 bits per heavy atom. The number of nitrogens with zero attached hydrogens (tertiary/aromatic N) is 2. The van der Waals surface area contributed by atoms with Gasteiger partial charge in [0.2, 0.25) is 5.95 Å². The van der Waals surface area contributed by atoms with Crippen LogP contribution in [0.3, 0.4) is 0 Å². The quantitative estimate of drug-likeness (QED) is 0.507. The highest BCUT2D eigenvalue weighted by molar-refractivity contribution is 5.94. The van der Waals surface area contributed by atoms with Crippen LogP contribution in [-0.2, 0) is 0 Å². The number of aromatic nitrogens is 3. The van der Waals surface area contributed by atoms with Gasteiger partial charge in [0.1, 0.15) is 5.69 Å². The van der Waals surface area contributed by atoms with Crippen molar-refractivity contribution < 1.29 is 9.90 Å². The third-order valence-electron chi connectivity index (χ3n) is 4.77. The first kappa shape index (κ1) is 18.2. The Bertz CT molecular complexity index is 966. The number of H-pyrrole nitrogens is 1. The standard InChI is InChI=1S/C21H23N5O2/c1-13-10-23-21(24-16-7-8-16)26-19(13)15-9-17(22-11-15)20(28)25-18(12-27)14-5-3-2-4-6-14/h2-6,9-11,16,18,22,27H,7-8,12H2,1H3,(H,25,28)(H,23,24,26)/t18-/m1/s1. The number of aryl methyl sites for hydroxylation is 1. The summed E-state index contributed by atoms with van der Waals surface area (Å²) in [6.45, 7) is 1.77. The second kappa shape index (κ2) is 7.82. The van der Waals surface area contributed by atoms with Gasteiger partial charge >= 0.3 is 0 Å². The van der Waals surface area contributed by atoms with Crippen molar-refractivity contribution in [2.24, 2.45) is 0 Å². The van der Waals surface area contributed by atoms with Crippen LogP contribution in [0.5, 0.6) is 0 Å². The van der Waals surface area contributed by atoms with Crippen molar-refractivity contribution in [1.29, 1.82) is 0 Å². The average Bonchev–Trinajstić information content (AvgIpc) is 3.40. The molecule has 0 bridgehead atoms. The Morgan fingerprint density at radius 3 is 2.82 bits per heavy atom. The van der Waals surface area contributed by atoms with Gasteiger partial charge in [-0.1, -0.05) is 30.3 Å². The summed E-state index contributed by atoms with van der Waals surface area (Å²) in [5.41, 5.74) is 3.82. The molecule has 7 nitrogen and oxygen atoms in total. The van der Waals surface area contributed by atoms with Gasteiger partial charge in [0.05, 0.1) is 18.3 Å². The molecule has 4 N–H and O–H groups in total. The van der Waals surface area contributed by atoms with Crippen LogP contribution in [0.2, 0.25) is 0 Å². The van der Waals surface area contributed by atoms with Gasteiger partial charge < -0.3 is 20.7 Å². The van der Waals surface area contributed by atoms with E-state index in [1.807, 2.05) is 37.3 Å². The van der Waals surface area contributed by atoms with Gasteiger partial charge in [0, 0.05) is 24.0 Å². The molecule has 1 atom stereocenters. The van der Waals surface area contributed by atoms with Gasteiger partial charge in [0.15, 0.2) is 0 Å². The maximum atomic E-state index is 12.6. The maximum absolute atomic E-state index is 12.6. The van der Waals surface area contributed by atoms with E-state index in [-0.39, 0.29) is 12.5 Å². The van der Waals surface area contributed by atoms with E-state index in [9.17, 15) is 9.90 Å². The number of anilines is 1. The molecule has 7 heteroatoms. The van der Waals surface area contributed by atoms with Crippen LogP contribution in [0.4, 0.5) is 5.95 Å². The molecule has 0 radical (unpaired) electrons. The molecular weight excluding hydrogens is 354 g/mol. The first-order valence-electron chi connectivity index (χ1n) is 9.39. The lowest BCUT2D eigenvalue weighted by atomic mass is 10.1. The van der Waals surface area contributed by atoms with Crippen LogP contribution >= 0.6 is 0 Å². The summed E-state index contributed by atoms with van der Waals surface area (Å²) < 4.78 is 0. The molecule has 0 aliphatic heterocycles. The Hall–Kier alpha value is -3.19. The predicted octanol–water partition coefficient (Wildman–Crippen LogP) is 2.82. The normalized spacial score (nSPS) is 14.5. The zero-order valence-corrected chi connectivity index (χ0v) is 15.6. The minimum absolute atomic E-state index is 0.176. The average molecular weight is 377 g/mol. The summed E-state index contributed by atoms with van der Waals surface area (Å²) in [6.07, 6.45) is 5.85. The summed E-state index contributed by atoms with van der Waals surface area (Å²) in [6, 6.07) is 11.2. The zero-order chi connectivity index (χ0) is 19.5. The van der Waals surface area contributed by atoms with Crippen molar-refractivity contribution in [2.45, 2.75) is 31.8 Å². The van der Waals surface area contributed by atoms with Gasteiger partial charge in [-0.3, -0.25) is 4.79 Å². The van der Waals surface area contributed by atoms with Gasteiger partial charge in [-0.25, -0.2) is 9.97 Å². The lowest BCUT2D eigenvalue weighted by Gasteiger charge is -2.16. The van der Waals surface area contributed by atoms with Crippen molar-refractivity contribution in [3.05, 3.63) is 65.6 Å². The molecule has 2 heterocycles. The number of rotatable bonds is 7. The smallest absolute Gasteiger partial charge is 0.268 e. The number of aromatic amines is 1. The van der Waals surface area contributed by atoms with Crippen LogP contribution in [-0.4, -0.2) is 38.6 Å². The predicted molar refractivity (Wildman–Crippen MR) is 107 cm³/mol. The van der Waals surface area contributed by atoms with Gasteiger partial charge in [-0.2, -0.15) is 0 Å². The van der Waals surface area contributed by atoms with E-state index in [1.54, 1.807) is 18.5 Å². The molecule has 3 aromatic rings. The first-order valence-corrected chi connectivity index (χ1v) is 9.39. The molecule has 28 heavy (non-hydrogen) atoms. The third-order valence-corrected chi connectivity index (χ3v) is 4.77. The Balaban J connectivity index is 1.51. The largest absolute Gasteiger partial charge is 0.394 e. The van der Waals surface area contributed by atoms with Crippen LogP contribution < -0.4 is 10.6 Å². The highest BCUT2D eigenvalue weighted by atomic mass is 16.3. The highest BCUT2D eigenvalue weighted by Crippen LogP contribution is 2.26. The zero-order valence-electron chi connectivity index (χ0n) is 15.6. The second-order valence-electron chi connectivity index (χ2n) is 7.07. The highest BCUT2D eigenvalue weighted by Gasteiger charge is 2.22. The van der Waals surface area contributed by atoms with Crippen LogP contribution in [0, 0.1) is 6.92 Å². The Morgan fingerprint density at radius 1 is 1.32 bits per heavy atom. The molecule has 0 spiro atoms. The lowest BCUT2D eigenvalue weighted by molar-refractivity contribution is 0.0912. The molecule has 1 aliphatic rings. The third kappa shape index (κ3) is 4.04. The molecule has 2 aromatic heterocycles. The number of carbonyl (C=O) groups is 1. The van der Waals surface area contributed by atoms with Gasteiger partial charge in [0.25, 0.3) is 5.91 Å². The fraction of sp³-hybridized carbons (Fsp3) is 0.286. The Labute approximate surface area is 163 Å². The molecule has 1 aromatic carbocycles. The van der Waals surface area contributed by atoms with E-state index in [0.717, 1.165) is 35.2 Å². The van der Waals surface area contributed by atoms with Crippen molar-refractivity contribution in [1.82, 2.24) is 20.3 Å². The number of nitrogens with one attached hydrogen (secondary N) is 3. The van der Waals surface area contributed by atoms with Crippen LogP contribution in [0.1, 0.15) is 40.5 Å². The topological polar surface area (TPSA) is 103 Å². The van der Waals surface area contributed by atoms with Crippen LogP contribution in [0.25, 0.3) is 11.3 Å². The molecule has 4 rings (SSSR count). The number of aliphatic hydroxyl groups is 1. The van der Waals surface area contributed by atoms with Crippen molar-refractivity contribution in [2.75, 3.05) is 11.9 Å². The monoisotopic (exact) mass is 377 g/mol. The fourth-order valence-electron chi connectivity index (χ4n) is 3.03. The fourth-order valence-corrected chi connectivity index (χ4v) is 3.03. The van der Waals surface area contributed by atoms with E-state index in [2.05, 4.69) is 25.6 Å². The van der Waals surface area contributed by atoms with Gasteiger partial charge in [-0.05, 0) is 37.0 Å². The molecular formula is C21H23N5O2. The molecule has 144 valence electrons. The molecule has 1 amide bonds. The number of aliphatic hydroxyl groups excluding tert-OH is 1. The summed E-state index contributed by atoms with van der Waals surface area (Å²) >= 11 is 0. The summed E-state index contributed by atoms with van der Waals surface area (Å²) in [7, 11) is 0. The van der Waals surface area contributed by atoms with E-state index in [0.29, 0.717) is 17.7 Å². The van der Waals surface area contributed by atoms with Crippen molar-refractivity contribution in [3.8, 4) is 11.3 Å². The minimum Gasteiger partial charge on any atom is -0.394 e. The molecule has 1 aliphatic carbocycles. The van der Waals surface area contributed by atoms with E-state index >= 15 is 0 Å². The molecule has 0 unspecified atom stereocenters. The van der Waals surface area contributed by atoms with Crippen molar-refractivity contribution in [3.63, 3.8) is 0 Å². The van der Waals surface area contributed by atoms with E-state index in [4.69, 9.17) is 0 Å². The van der Waals surface area contributed by atoms with Crippen molar-refractivity contribution >= 4 is 11.9 Å². The number of carbonyl (C=O) groups excluding carboxylic acids is 1. The number of benzene rings is 1. The number of hydrogen-bond donors (Lipinski definition) is 4.